The Bertz CT molecular complexity index is 801. The lowest BCUT2D eigenvalue weighted by Crippen LogP contribution is -2.46. The van der Waals surface area contributed by atoms with Crippen LogP contribution in [0.3, 0.4) is 0 Å². The van der Waals surface area contributed by atoms with Gasteiger partial charge in [0.1, 0.15) is 5.82 Å². The summed E-state index contributed by atoms with van der Waals surface area (Å²) in [5.74, 6) is -0.320. The summed E-state index contributed by atoms with van der Waals surface area (Å²) >= 11 is 0. The molecule has 0 unspecified atom stereocenters. The summed E-state index contributed by atoms with van der Waals surface area (Å²) in [6, 6.07) is 4.67. The van der Waals surface area contributed by atoms with Gasteiger partial charge in [-0.05, 0) is 37.0 Å². The maximum atomic E-state index is 14.3. The molecular formula is C20H26FN5O2. The second kappa shape index (κ2) is 9.34. The minimum atomic E-state index is -0.372. The summed E-state index contributed by atoms with van der Waals surface area (Å²) in [4.78, 5) is 30.0. The molecule has 0 spiro atoms. The van der Waals surface area contributed by atoms with Crippen molar-refractivity contribution in [1.29, 1.82) is 0 Å². The molecule has 0 aliphatic carbocycles. The molecule has 1 aliphatic rings. The van der Waals surface area contributed by atoms with Gasteiger partial charge in [0.05, 0.1) is 12.0 Å². The Balaban J connectivity index is 1.47. The summed E-state index contributed by atoms with van der Waals surface area (Å²) in [5.41, 5.74) is 1.10. The number of amides is 3. The molecule has 2 heterocycles. The molecule has 0 saturated carbocycles. The number of hydrogen-bond donors (Lipinski definition) is 2. The molecule has 1 aromatic carbocycles. The van der Waals surface area contributed by atoms with E-state index in [4.69, 9.17) is 0 Å². The number of hydrogen-bond acceptors (Lipinski definition) is 3. The first-order chi connectivity index (χ1) is 13.6. The van der Waals surface area contributed by atoms with Gasteiger partial charge in [-0.1, -0.05) is 13.0 Å². The third kappa shape index (κ3) is 4.88. The first-order valence-electron chi connectivity index (χ1n) is 9.65. The van der Waals surface area contributed by atoms with Crippen LogP contribution in [0.4, 0.5) is 9.18 Å². The minimum absolute atomic E-state index is 0.0274. The fourth-order valence-corrected chi connectivity index (χ4v) is 3.30. The van der Waals surface area contributed by atoms with Crippen molar-refractivity contribution in [2.45, 2.75) is 32.7 Å². The van der Waals surface area contributed by atoms with Crippen LogP contribution in [0.25, 0.3) is 5.69 Å². The quantitative estimate of drug-likeness (QED) is 0.799. The number of nitrogens with one attached hydrogen (secondary N) is 2. The smallest absolute Gasteiger partial charge is 0.317 e. The topological polar surface area (TPSA) is 79.3 Å². The second-order valence-electron chi connectivity index (χ2n) is 6.97. The fraction of sp³-hybridized carbons (Fsp3) is 0.450. The zero-order chi connectivity index (χ0) is 19.9. The molecule has 1 fully saturated rings. The van der Waals surface area contributed by atoms with Gasteiger partial charge in [0.2, 0.25) is 5.91 Å². The van der Waals surface area contributed by atoms with E-state index >= 15 is 0 Å². The fourth-order valence-electron chi connectivity index (χ4n) is 3.30. The van der Waals surface area contributed by atoms with Gasteiger partial charge < -0.3 is 20.1 Å². The predicted octanol–water partition coefficient (Wildman–Crippen LogP) is 2.46. The van der Waals surface area contributed by atoms with Crippen molar-refractivity contribution >= 4 is 11.9 Å². The molecule has 1 saturated heterocycles. The van der Waals surface area contributed by atoms with Crippen molar-refractivity contribution < 1.29 is 14.0 Å². The zero-order valence-corrected chi connectivity index (χ0v) is 16.0. The van der Waals surface area contributed by atoms with Crippen LogP contribution < -0.4 is 10.6 Å². The number of carbonyl (C=O) groups excluding carboxylic acids is 2. The number of carbonyl (C=O) groups is 2. The van der Waals surface area contributed by atoms with E-state index < -0.39 is 0 Å². The van der Waals surface area contributed by atoms with E-state index in [0.717, 1.165) is 6.42 Å². The number of likely N-dealkylation sites (tertiary alicyclic amines) is 1. The van der Waals surface area contributed by atoms with Crippen LogP contribution in [-0.2, 0) is 11.3 Å². The van der Waals surface area contributed by atoms with Crippen molar-refractivity contribution in [3.05, 3.63) is 48.3 Å². The van der Waals surface area contributed by atoms with Crippen LogP contribution in [0.1, 0.15) is 31.7 Å². The van der Waals surface area contributed by atoms with E-state index in [0.29, 0.717) is 43.7 Å². The van der Waals surface area contributed by atoms with Gasteiger partial charge in [0.25, 0.3) is 0 Å². The number of rotatable bonds is 6. The van der Waals surface area contributed by atoms with Gasteiger partial charge in [0.15, 0.2) is 0 Å². The monoisotopic (exact) mass is 387 g/mol. The lowest BCUT2D eigenvalue weighted by molar-refractivity contribution is -0.126. The van der Waals surface area contributed by atoms with Gasteiger partial charge >= 0.3 is 6.03 Å². The van der Waals surface area contributed by atoms with Crippen LogP contribution in [0, 0.1) is 11.7 Å². The standard InChI is InChI=1S/C20H26FN5O2/c1-2-7-23-19(27)16-5-9-25(10-6-16)20(28)24-13-15-3-4-18(17(21)12-15)26-11-8-22-14-26/h3-4,8,11-12,14,16H,2,5-7,9-10,13H2,1H3,(H,23,27)(H,24,28). The highest BCUT2D eigenvalue weighted by Gasteiger charge is 2.26. The molecule has 1 aromatic heterocycles. The van der Waals surface area contributed by atoms with Crippen molar-refractivity contribution in [1.82, 2.24) is 25.1 Å². The zero-order valence-electron chi connectivity index (χ0n) is 16.0. The molecule has 150 valence electrons. The van der Waals surface area contributed by atoms with Gasteiger partial charge in [0, 0.05) is 44.5 Å². The number of piperidine rings is 1. The Hall–Kier alpha value is -2.90. The SMILES string of the molecule is CCCNC(=O)C1CCN(C(=O)NCc2ccc(-n3ccnc3)c(F)c2)CC1. The number of halogens is 1. The Morgan fingerprint density at radius 1 is 1.25 bits per heavy atom. The Kier molecular flexibility index (Phi) is 6.62. The van der Waals surface area contributed by atoms with Crippen LogP contribution in [0.2, 0.25) is 0 Å². The summed E-state index contributed by atoms with van der Waals surface area (Å²) in [6.45, 7) is 4.05. The number of urea groups is 1. The molecule has 7 nitrogen and oxygen atoms in total. The highest BCUT2D eigenvalue weighted by atomic mass is 19.1. The third-order valence-electron chi connectivity index (χ3n) is 4.94. The average molecular weight is 387 g/mol. The molecule has 2 aromatic rings. The predicted molar refractivity (Wildman–Crippen MR) is 103 cm³/mol. The van der Waals surface area contributed by atoms with Crippen molar-refractivity contribution in [3.63, 3.8) is 0 Å². The van der Waals surface area contributed by atoms with E-state index in [2.05, 4.69) is 15.6 Å². The Morgan fingerprint density at radius 3 is 2.68 bits per heavy atom. The molecule has 8 heteroatoms. The normalized spacial score (nSPS) is 14.7. The molecule has 0 bridgehead atoms. The third-order valence-corrected chi connectivity index (χ3v) is 4.94. The summed E-state index contributed by atoms with van der Waals surface area (Å²) < 4.78 is 15.9. The summed E-state index contributed by atoms with van der Waals surface area (Å²) in [7, 11) is 0. The lowest BCUT2D eigenvalue weighted by atomic mass is 9.96. The van der Waals surface area contributed by atoms with E-state index in [9.17, 15) is 14.0 Å². The number of benzene rings is 1. The largest absolute Gasteiger partial charge is 0.356 e. The Labute approximate surface area is 163 Å². The van der Waals surface area contributed by atoms with E-state index in [1.54, 1.807) is 34.0 Å². The average Bonchev–Trinajstić information content (AvgIpc) is 3.25. The first kappa shape index (κ1) is 19.9. The molecule has 3 amide bonds. The molecule has 28 heavy (non-hydrogen) atoms. The summed E-state index contributed by atoms with van der Waals surface area (Å²) in [6.07, 6.45) is 7.04. The van der Waals surface area contributed by atoms with Crippen LogP contribution >= 0.6 is 0 Å². The highest BCUT2D eigenvalue weighted by molar-refractivity contribution is 5.79. The maximum Gasteiger partial charge on any atom is 0.317 e. The molecule has 3 rings (SSSR count). The summed E-state index contributed by atoms with van der Waals surface area (Å²) in [5, 5.41) is 5.74. The minimum Gasteiger partial charge on any atom is -0.356 e. The van der Waals surface area contributed by atoms with Gasteiger partial charge in [-0.15, -0.1) is 0 Å². The number of imidazole rings is 1. The van der Waals surface area contributed by atoms with E-state index in [-0.39, 0.29) is 30.2 Å². The first-order valence-corrected chi connectivity index (χ1v) is 9.65. The molecule has 0 radical (unpaired) electrons. The van der Waals surface area contributed by atoms with Crippen molar-refractivity contribution in [3.8, 4) is 5.69 Å². The second-order valence-corrected chi connectivity index (χ2v) is 6.97. The van der Waals surface area contributed by atoms with Crippen molar-refractivity contribution in [2.24, 2.45) is 5.92 Å². The van der Waals surface area contributed by atoms with Crippen LogP contribution in [0.15, 0.2) is 36.9 Å². The number of nitrogens with zero attached hydrogens (tertiary/aromatic N) is 3. The molecule has 0 atom stereocenters. The molecule has 2 N–H and O–H groups in total. The molecular weight excluding hydrogens is 361 g/mol. The molecule has 1 aliphatic heterocycles. The Morgan fingerprint density at radius 2 is 2.04 bits per heavy atom. The van der Waals surface area contributed by atoms with Crippen LogP contribution in [0.5, 0.6) is 0 Å². The lowest BCUT2D eigenvalue weighted by Gasteiger charge is -2.31. The van der Waals surface area contributed by atoms with Gasteiger partial charge in [-0.25, -0.2) is 14.2 Å². The van der Waals surface area contributed by atoms with Gasteiger partial charge in [-0.2, -0.15) is 0 Å². The highest BCUT2D eigenvalue weighted by Crippen LogP contribution is 2.18. The van der Waals surface area contributed by atoms with Crippen molar-refractivity contribution in [2.75, 3.05) is 19.6 Å². The van der Waals surface area contributed by atoms with E-state index in [1.165, 1.54) is 12.4 Å². The van der Waals surface area contributed by atoms with E-state index in [1.807, 2.05) is 6.92 Å². The number of aromatic nitrogens is 2. The van der Waals surface area contributed by atoms with Crippen LogP contribution in [-0.4, -0.2) is 46.0 Å². The van der Waals surface area contributed by atoms with Gasteiger partial charge in [-0.3, -0.25) is 4.79 Å². The maximum absolute atomic E-state index is 14.3.